The minimum atomic E-state index is -2.94. The summed E-state index contributed by atoms with van der Waals surface area (Å²) < 4.78 is 21.8. The summed E-state index contributed by atoms with van der Waals surface area (Å²) in [5, 5.41) is 9.66. The highest BCUT2D eigenvalue weighted by molar-refractivity contribution is 7.90. The zero-order valence-corrected chi connectivity index (χ0v) is 10.1. The molecule has 0 fully saturated rings. The van der Waals surface area contributed by atoms with Gasteiger partial charge in [0.2, 0.25) is 0 Å². The van der Waals surface area contributed by atoms with Gasteiger partial charge in [0.25, 0.3) is 0 Å². The molecule has 3 nitrogen and oxygen atoms in total. The van der Waals surface area contributed by atoms with Crippen molar-refractivity contribution in [2.75, 3.05) is 12.0 Å². The van der Waals surface area contributed by atoms with Gasteiger partial charge in [-0.1, -0.05) is 11.6 Å². The number of hydrogen-bond donors (Lipinski definition) is 1. The highest BCUT2D eigenvalue weighted by Gasteiger charge is 2.12. The standard InChI is InChI=1S/C11H20O3S/c1-15(13,14)8-7-11(12)9-10-5-3-2-4-6-10/h5,11-12H,2-4,6-9H2,1H3. The van der Waals surface area contributed by atoms with Crippen molar-refractivity contribution >= 4 is 9.84 Å². The number of rotatable bonds is 5. The average molecular weight is 232 g/mol. The van der Waals surface area contributed by atoms with Gasteiger partial charge >= 0.3 is 0 Å². The summed E-state index contributed by atoms with van der Waals surface area (Å²) in [5.41, 5.74) is 1.29. The molecule has 88 valence electrons. The average Bonchev–Trinajstić information content (AvgIpc) is 2.15. The Morgan fingerprint density at radius 2 is 2.20 bits per heavy atom. The summed E-state index contributed by atoms with van der Waals surface area (Å²) >= 11 is 0. The van der Waals surface area contributed by atoms with Crippen molar-refractivity contribution in [2.45, 2.75) is 44.6 Å². The summed E-state index contributed by atoms with van der Waals surface area (Å²) in [6.45, 7) is 0. The van der Waals surface area contributed by atoms with Crippen LogP contribution >= 0.6 is 0 Å². The Morgan fingerprint density at radius 3 is 2.73 bits per heavy atom. The van der Waals surface area contributed by atoms with Crippen LogP contribution in [-0.2, 0) is 9.84 Å². The molecule has 4 heteroatoms. The van der Waals surface area contributed by atoms with Crippen LogP contribution in [0.4, 0.5) is 0 Å². The molecule has 15 heavy (non-hydrogen) atoms. The fourth-order valence-electron chi connectivity index (χ4n) is 1.84. The summed E-state index contributed by atoms with van der Waals surface area (Å²) in [5.74, 6) is 0.0848. The monoisotopic (exact) mass is 232 g/mol. The summed E-state index contributed by atoms with van der Waals surface area (Å²) in [6.07, 6.45) is 8.51. The molecular formula is C11H20O3S. The number of hydrogen-bond acceptors (Lipinski definition) is 3. The Balaban J connectivity index is 2.29. The molecule has 1 rings (SSSR count). The fourth-order valence-corrected chi connectivity index (χ4v) is 2.55. The zero-order valence-electron chi connectivity index (χ0n) is 9.28. The smallest absolute Gasteiger partial charge is 0.147 e. The number of sulfone groups is 1. The van der Waals surface area contributed by atoms with Gasteiger partial charge in [-0.15, -0.1) is 0 Å². The third-order valence-electron chi connectivity index (χ3n) is 2.70. The van der Waals surface area contributed by atoms with Crippen molar-refractivity contribution in [3.05, 3.63) is 11.6 Å². The van der Waals surface area contributed by atoms with Gasteiger partial charge in [0.1, 0.15) is 9.84 Å². The third kappa shape index (κ3) is 5.95. The Hall–Kier alpha value is -0.350. The Bertz CT molecular complexity index is 317. The van der Waals surface area contributed by atoms with Gasteiger partial charge in [-0.2, -0.15) is 0 Å². The maximum absolute atomic E-state index is 10.9. The fraction of sp³-hybridized carbons (Fsp3) is 0.818. The van der Waals surface area contributed by atoms with E-state index in [1.807, 2.05) is 0 Å². The molecule has 1 N–H and O–H groups in total. The summed E-state index contributed by atoms with van der Waals surface area (Å²) in [6, 6.07) is 0. The Kier molecular flexibility index (Phi) is 4.80. The lowest BCUT2D eigenvalue weighted by atomic mass is 9.94. The van der Waals surface area contributed by atoms with Crippen molar-refractivity contribution < 1.29 is 13.5 Å². The lowest BCUT2D eigenvalue weighted by Gasteiger charge is -2.16. The molecule has 0 saturated carbocycles. The van der Waals surface area contributed by atoms with Crippen LogP contribution in [0.2, 0.25) is 0 Å². The van der Waals surface area contributed by atoms with Gasteiger partial charge in [0.05, 0.1) is 11.9 Å². The molecule has 0 saturated heterocycles. The molecule has 1 unspecified atom stereocenters. The van der Waals surface area contributed by atoms with Crippen LogP contribution in [0, 0.1) is 0 Å². The van der Waals surface area contributed by atoms with Crippen LogP contribution in [-0.4, -0.2) is 31.6 Å². The normalized spacial score (nSPS) is 19.7. The van der Waals surface area contributed by atoms with Gasteiger partial charge in [-0.3, -0.25) is 0 Å². The van der Waals surface area contributed by atoms with E-state index in [1.54, 1.807) is 0 Å². The van der Waals surface area contributed by atoms with Crippen molar-refractivity contribution in [2.24, 2.45) is 0 Å². The molecule has 1 atom stereocenters. The lowest BCUT2D eigenvalue weighted by molar-refractivity contribution is 0.169. The van der Waals surface area contributed by atoms with Gasteiger partial charge < -0.3 is 5.11 Å². The van der Waals surface area contributed by atoms with E-state index in [2.05, 4.69) is 6.08 Å². The second-order valence-corrected chi connectivity index (χ2v) is 6.64. The molecular weight excluding hydrogens is 212 g/mol. The molecule has 0 radical (unpaired) electrons. The molecule has 1 aliphatic rings. The first-order valence-corrected chi connectivity index (χ1v) is 7.57. The molecule has 0 aliphatic heterocycles. The van der Waals surface area contributed by atoms with E-state index in [0.717, 1.165) is 12.8 Å². The van der Waals surface area contributed by atoms with Gasteiger partial charge in [0.15, 0.2) is 0 Å². The molecule has 0 amide bonds. The number of allylic oxidation sites excluding steroid dienone is 1. The molecule has 0 aromatic rings. The van der Waals surface area contributed by atoms with E-state index in [-0.39, 0.29) is 5.75 Å². The van der Waals surface area contributed by atoms with Gasteiger partial charge in [0, 0.05) is 6.26 Å². The van der Waals surface area contributed by atoms with Crippen LogP contribution in [0.5, 0.6) is 0 Å². The van der Waals surface area contributed by atoms with Crippen LogP contribution in [0.15, 0.2) is 11.6 Å². The van der Waals surface area contributed by atoms with Crippen LogP contribution in [0.3, 0.4) is 0 Å². The number of aliphatic hydroxyl groups is 1. The second-order valence-electron chi connectivity index (χ2n) is 4.38. The molecule has 0 aromatic heterocycles. The molecule has 1 aliphatic carbocycles. The molecule has 0 spiro atoms. The van der Waals surface area contributed by atoms with Gasteiger partial charge in [-0.05, 0) is 38.5 Å². The van der Waals surface area contributed by atoms with Crippen molar-refractivity contribution in [3.63, 3.8) is 0 Å². The van der Waals surface area contributed by atoms with Crippen molar-refractivity contribution in [1.29, 1.82) is 0 Å². The minimum Gasteiger partial charge on any atom is -0.393 e. The maximum Gasteiger partial charge on any atom is 0.147 e. The first-order chi connectivity index (χ1) is 6.97. The summed E-state index contributed by atoms with van der Waals surface area (Å²) in [4.78, 5) is 0. The number of aliphatic hydroxyl groups excluding tert-OH is 1. The van der Waals surface area contributed by atoms with E-state index in [4.69, 9.17) is 0 Å². The Labute approximate surface area is 92.1 Å². The van der Waals surface area contributed by atoms with Crippen molar-refractivity contribution in [3.8, 4) is 0 Å². The molecule has 0 heterocycles. The highest BCUT2D eigenvalue weighted by atomic mass is 32.2. The van der Waals surface area contributed by atoms with E-state index in [9.17, 15) is 13.5 Å². The highest BCUT2D eigenvalue weighted by Crippen LogP contribution is 2.22. The Morgan fingerprint density at radius 1 is 1.47 bits per heavy atom. The topological polar surface area (TPSA) is 54.4 Å². The largest absolute Gasteiger partial charge is 0.393 e. The van der Waals surface area contributed by atoms with E-state index >= 15 is 0 Å². The predicted octanol–water partition coefficient (Wildman–Crippen LogP) is 1.67. The SMILES string of the molecule is CS(=O)(=O)CCC(O)CC1=CCCCC1. The summed E-state index contributed by atoms with van der Waals surface area (Å²) in [7, 11) is -2.94. The van der Waals surface area contributed by atoms with Crippen molar-refractivity contribution in [1.82, 2.24) is 0 Å². The lowest BCUT2D eigenvalue weighted by Crippen LogP contribution is -2.15. The van der Waals surface area contributed by atoms with Crippen LogP contribution in [0.25, 0.3) is 0 Å². The van der Waals surface area contributed by atoms with Crippen LogP contribution < -0.4 is 0 Å². The van der Waals surface area contributed by atoms with Crippen LogP contribution in [0.1, 0.15) is 38.5 Å². The van der Waals surface area contributed by atoms with Gasteiger partial charge in [-0.25, -0.2) is 8.42 Å². The predicted molar refractivity (Wildman–Crippen MR) is 61.5 cm³/mol. The molecule has 0 aromatic carbocycles. The first kappa shape index (κ1) is 12.7. The van der Waals surface area contributed by atoms with E-state index in [0.29, 0.717) is 12.8 Å². The molecule has 0 bridgehead atoms. The minimum absolute atomic E-state index is 0.0848. The maximum atomic E-state index is 10.9. The van der Waals surface area contributed by atoms with E-state index in [1.165, 1.54) is 24.7 Å². The zero-order chi connectivity index (χ0) is 11.3. The first-order valence-electron chi connectivity index (χ1n) is 5.51. The van der Waals surface area contributed by atoms with E-state index < -0.39 is 15.9 Å². The second kappa shape index (κ2) is 5.66. The third-order valence-corrected chi connectivity index (χ3v) is 3.68. The quantitative estimate of drug-likeness (QED) is 0.734.